The van der Waals surface area contributed by atoms with E-state index < -0.39 is 24.7 Å². The van der Waals surface area contributed by atoms with E-state index in [1.165, 1.54) is 12.3 Å². The Balaban J connectivity index is 1.23. The van der Waals surface area contributed by atoms with E-state index in [0.29, 0.717) is 28.9 Å². The molecule has 12 heteroatoms. The van der Waals surface area contributed by atoms with Crippen molar-refractivity contribution in [2.45, 2.75) is 76.4 Å². The molecular formula is C29H32F3N5O4. The minimum atomic E-state index is -4.87. The van der Waals surface area contributed by atoms with E-state index in [2.05, 4.69) is 20.7 Å². The fourth-order valence-corrected chi connectivity index (χ4v) is 5.22. The maximum absolute atomic E-state index is 13.1. The number of rotatable bonds is 11. The molecule has 2 amide bonds. The molecule has 3 aliphatic carbocycles. The molecule has 9 nitrogen and oxygen atoms in total. The number of halogens is 3. The van der Waals surface area contributed by atoms with Gasteiger partial charge in [0.05, 0.1) is 18.4 Å². The van der Waals surface area contributed by atoms with Crippen molar-refractivity contribution in [2.24, 2.45) is 17.8 Å². The van der Waals surface area contributed by atoms with Crippen LogP contribution in [0, 0.1) is 17.8 Å². The number of aliphatic hydroxyl groups is 1. The van der Waals surface area contributed by atoms with Crippen LogP contribution in [0.25, 0.3) is 22.7 Å². The second kappa shape index (κ2) is 10.6. The van der Waals surface area contributed by atoms with Crippen LogP contribution in [0.4, 0.5) is 13.2 Å². The fourth-order valence-electron chi connectivity index (χ4n) is 5.22. The second-order valence-corrected chi connectivity index (χ2v) is 11.5. The number of carbonyl (C=O) groups excluding carboxylic acids is 2. The van der Waals surface area contributed by atoms with Gasteiger partial charge in [0.1, 0.15) is 5.69 Å². The van der Waals surface area contributed by atoms with Gasteiger partial charge in [0, 0.05) is 23.2 Å². The predicted molar refractivity (Wildman–Crippen MR) is 142 cm³/mol. The van der Waals surface area contributed by atoms with Crippen LogP contribution in [0.2, 0.25) is 0 Å². The largest absolute Gasteiger partial charge is 0.431 e. The summed E-state index contributed by atoms with van der Waals surface area (Å²) in [7, 11) is 0. The molecule has 0 radical (unpaired) electrons. The Kier molecular flexibility index (Phi) is 7.13. The average molecular weight is 572 g/mol. The highest BCUT2D eigenvalue weighted by molar-refractivity contribution is 5.94. The summed E-state index contributed by atoms with van der Waals surface area (Å²) < 4.78 is 46.1. The third-order valence-electron chi connectivity index (χ3n) is 8.12. The molecule has 2 aromatic heterocycles. The lowest BCUT2D eigenvalue weighted by Crippen LogP contribution is -2.38. The number of oxazole rings is 1. The van der Waals surface area contributed by atoms with Gasteiger partial charge in [0.2, 0.25) is 11.7 Å². The zero-order valence-electron chi connectivity index (χ0n) is 22.5. The molecule has 41 heavy (non-hydrogen) atoms. The SMILES string of the molecule is CC(NC(=O)c1cc(-c2cccc(-c3ncc(C(=O)NC(C4CC4)C4CC4)o3)c2)nn1CC(O)C(F)(F)F)C1CC1. The Morgan fingerprint density at radius 1 is 1.02 bits per heavy atom. The summed E-state index contributed by atoms with van der Waals surface area (Å²) in [6.07, 6.45) is 0.304. The summed E-state index contributed by atoms with van der Waals surface area (Å²) in [5.41, 5.74) is 1.18. The van der Waals surface area contributed by atoms with Crippen LogP contribution in [-0.2, 0) is 6.54 Å². The van der Waals surface area contributed by atoms with Gasteiger partial charge < -0.3 is 20.2 Å². The normalized spacial score (nSPS) is 18.8. The number of hydrogen-bond acceptors (Lipinski definition) is 6. The van der Waals surface area contributed by atoms with Gasteiger partial charge in [-0.3, -0.25) is 14.3 Å². The van der Waals surface area contributed by atoms with Crippen LogP contribution in [0.5, 0.6) is 0 Å². The maximum Gasteiger partial charge on any atom is 0.416 e. The molecule has 3 saturated carbocycles. The quantitative estimate of drug-likeness (QED) is 0.310. The van der Waals surface area contributed by atoms with E-state index in [1.54, 1.807) is 24.3 Å². The van der Waals surface area contributed by atoms with E-state index in [-0.39, 0.29) is 41.0 Å². The van der Waals surface area contributed by atoms with E-state index in [9.17, 15) is 27.9 Å². The molecule has 0 spiro atoms. The van der Waals surface area contributed by atoms with Crippen molar-refractivity contribution in [2.75, 3.05) is 0 Å². The number of aromatic nitrogens is 3. The van der Waals surface area contributed by atoms with Gasteiger partial charge in [-0.25, -0.2) is 4.98 Å². The number of benzene rings is 1. The Morgan fingerprint density at radius 2 is 1.68 bits per heavy atom. The lowest BCUT2D eigenvalue weighted by molar-refractivity contribution is -0.208. The number of nitrogens with zero attached hydrogens (tertiary/aromatic N) is 3. The summed E-state index contributed by atoms with van der Waals surface area (Å²) in [6, 6.07) is 8.23. The zero-order chi connectivity index (χ0) is 28.9. The highest BCUT2D eigenvalue weighted by Crippen LogP contribution is 2.44. The number of carbonyl (C=O) groups is 2. The monoisotopic (exact) mass is 571 g/mol. The molecule has 3 N–H and O–H groups in total. The van der Waals surface area contributed by atoms with Gasteiger partial charge in [-0.1, -0.05) is 12.1 Å². The van der Waals surface area contributed by atoms with Gasteiger partial charge in [-0.15, -0.1) is 0 Å². The minimum absolute atomic E-state index is 0.0860. The molecule has 3 fully saturated rings. The second-order valence-electron chi connectivity index (χ2n) is 11.5. The molecule has 2 atom stereocenters. The van der Waals surface area contributed by atoms with Gasteiger partial charge >= 0.3 is 6.18 Å². The summed E-state index contributed by atoms with van der Waals surface area (Å²) in [4.78, 5) is 30.1. The summed E-state index contributed by atoms with van der Waals surface area (Å²) in [5.74, 6) is 0.848. The predicted octanol–water partition coefficient (Wildman–Crippen LogP) is 4.58. The Bertz CT molecular complexity index is 1430. The van der Waals surface area contributed by atoms with Crippen molar-refractivity contribution in [3.63, 3.8) is 0 Å². The van der Waals surface area contributed by atoms with E-state index in [4.69, 9.17) is 4.42 Å². The minimum Gasteiger partial charge on any atom is -0.431 e. The first-order chi connectivity index (χ1) is 19.6. The number of amides is 2. The van der Waals surface area contributed by atoms with E-state index in [0.717, 1.165) is 43.2 Å². The molecule has 6 rings (SSSR count). The third-order valence-corrected chi connectivity index (χ3v) is 8.12. The first kappa shape index (κ1) is 27.5. The molecule has 218 valence electrons. The molecule has 3 aliphatic rings. The molecule has 0 bridgehead atoms. The van der Waals surface area contributed by atoms with Crippen LogP contribution >= 0.6 is 0 Å². The molecule has 1 aromatic carbocycles. The van der Waals surface area contributed by atoms with Gasteiger partial charge in [-0.05, 0) is 81.4 Å². The van der Waals surface area contributed by atoms with Crippen molar-refractivity contribution in [1.29, 1.82) is 0 Å². The zero-order valence-corrected chi connectivity index (χ0v) is 22.5. The van der Waals surface area contributed by atoms with Gasteiger partial charge in [0.25, 0.3) is 11.8 Å². The van der Waals surface area contributed by atoms with Crippen molar-refractivity contribution in [1.82, 2.24) is 25.4 Å². The maximum atomic E-state index is 13.1. The Labute approximate surface area is 234 Å². The summed E-state index contributed by atoms with van der Waals surface area (Å²) in [5, 5.41) is 19.9. The summed E-state index contributed by atoms with van der Waals surface area (Å²) >= 11 is 0. The number of nitrogens with one attached hydrogen (secondary N) is 2. The summed E-state index contributed by atoms with van der Waals surface area (Å²) in [6.45, 7) is 0.929. The van der Waals surface area contributed by atoms with Crippen LogP contribution in [0.15, 0.2) is 40.9 Å². The molecule has 0 saturated heterocycles. The van der Waals surface area contributed by atoms with Gasteiger partial charge in [-0.2, -0.15) is 18.3 Å². The number of aliphatic hydroxyl groups excluding tert-OH is 1. The molecule has 0 aliphatic heterocycles. The highest BCUT2D eigenvalue weighted by atomic mass is 19.4. The molecule has 2 unspecified atom stereocenters. The highest BCUT2D eigenvalue weighted by Gasteiger charge is 2.43. The van der Waals surface area contributed by atoms with Gasteiger partial charge in [0.15, 0.2) is 6.10 Å². The molecule has 3 aromatic rings. The molecule has 2 heterocycles. The van der Waals surface area contributed by atoms with E-state index in [1.807, 2.05) is 6.92 Å². The van der Waals surface area contributed by atoms with Crippen molar-refractivity contribution in [3.05, 3.63) is 48.0 Å². The Morgan fingerprint density at radius 3 is 2.32 bits per heavy atom. The average Bonchev–Trinajstić information content (AvgIpc) is 3.82. The smallest absolute Gasteiger partial charge is 0.416 e. The van der Waals surface area contributed by atoms with E-state index >= 15 is 0 Å². The number of alkyl halides is 3. The third kappa shape index (κ3) is 6.32. The lowest BCUT2D eigenvalue weighted by Gasteiger charge is -2.17. The molecular weight excluding hydrogens is 539 g/mol. The van der Waals surface area contributed by atoms with Crippen LogP contribution in [-0.4, -0.2) is 56.0 Å². The Hall–Kier alpha value is -3.67. The fraction of sp³-hybridized carbons (Fsp3) is 0.517. The first-order valence-electron chi connectivity index (χ1n) is 14.1. The van der Waals surface area contributed by atoms with Crippen molar-refractivity contribution >= 4 is 11.8 Å². The van der Waals surface area contributed by atoms with Crippen molar-refractivity contribution in [3.8, 4) is 22.7 Å². The topological polar surface area (TPSA) is 122 Å². The standard InChI is InChI=1S/C29H32F3N5O4/c1-15(16-5-6-16)34-26(39)22-12-21(36-37(22)14-24(38)29(30,31)32)19-3-2-4-20(11-19)28-33-13-23(41-28)27(40)35-25(17-7-8-17)18-9-10-18/h2-4,11-13,15-18,24-25,38H,5-10,14H2,1H3,(H,34,39)(H,35,40). The van der Waals surface area contributed by atoms with Crippen LogP contribution in [0.3, 0.4) is 0 Å². The van der Waals surface area contributed by atoms with Crippen LogP contribution in [0.1, 0.15) is 66.5 Å². The lowest BCUT2D eigenvalue weighted by atomic mass is 10.1. The first-order valence-corrected chi connectivity index (χ1v) is 14.1. The van der Waals surface area contributed by atoms with Crippen LogP contribution < -0.4 is 10.6 Å². The van der Waals surface area contributed by atoms with Crippen molar-refractivity contribution < 1.29 is 32.3 Å². The number of hydrogen-bond donors (Lipinski definition) is 3.